The second kappa shape index (κ2) is 7.10. The zero-order valence-corrected chi connectivity index (χ0v) is 11.9. The molecule has 1 aromatic heterocycles. The van der Waals surface area contributed by atoms with Crippen molar-refractivity contribution in [3.05, 3.63) is 53.2 Å². The summed E-state index contributed by atoms with van der Waals surface area (Å²) in [6, 6.07) is 8.58. The van der Waals surface area contributed by atoms with E-state index in [1.54, 1.807) is 12.1 Å². The van der Waals surface area contributed by atoms with E-state index in [0.29, 0.717) is 12.3 Å². The number of aryl methyl sites for hydroxylation is 1. The molecule has 20 heavy (non-hydrogen) atoms. The lowest BCUT2D eigenvalue weighted by Crippen LogP contribution is -2.13. The number of hydrogen-bond acceptors (Lipinski definition) is 3. The average Bonchev–Trinajstić information content (AvgIpc) is 2.88. The Bertz CT molecular complexity index is 551. The Morgan fingerprint density at radius 3 is 2.80 bits per heavy atom. The molecule has 4 heteroatoms. The van der Waals surface area contributed by atoms with Gasteiger partial charge in [0.1, 0.15) is 18.1 Å². The minimum Gasteiger partial charge on any atom is -0.483 e. The van der Waals surface area contributed by atoms with Gasteiger partial charge >= 0.3 is 0 Å². The lowest BCUT2D eigenvalue weighted by atomic mass is 10.2. The summed E-state index contributed by atoms with van der Waals surface area (Å²) in [6.07, 6.45) is 1.09. The van der Waals surface area contributed by atoms with Gasteiger partial charge in [-0.05, 0) is 49.7 Å². The van der Waals surface area contributed by atoms with Crippen LogP contribution in [0.1, 0.15) is 30.4 Å². The zero-order chi connectivity index (χ0) is 14.4. The third-order valence-corrected chi connectivity index (χ3v) is 2.90. The van der Waals surface area contributed by atoms with Crippen LogP contribution in [-0.2, 0) is 13.2 Å². The lowest BCUT2D eigenvalue weighted by molar-refractivity contribution is 0.254. The Hall–Kier alpha value is -1.81. The molecule has 2 aromatic rings. The van der Waals surface area contributed by atoms with Gasteiger partial charge in [-0.3, -0.25) is 0 Å². The quantitative estimate of drug-likeness (QED) is 0.782. The normalized spacial score (nSPS) is 10.8. The summed E-state index contributed by atoms with van der Waals surface area (Å²) in [5.41, 5.74) is 0.963. The van der Waals surface area contributed by atoms with E-state index in [0.717, 1.165) is 24.3 Å². The minimum atomic E-state index is -0.355. The summed E-state index contributed by atoms with van der Waals surface area (Å²) in [4.78, 5) is 0. The van der Waals surface area contributed by atoms with Crippen molar-refractivity contribution in [3.8, 4) is 5.75 Å². The van der Waals surface area contributed by atoms with Crippen molar-refractivity contribution < 1.29 is 13.5 Å². The molecule has 0 atom stereocenters. The van der Waals surface area contributed by atoms with E-state index in [1.165, 1.54) is 6.07 Å². The van der Waals surface area contributed by atoms with E-state index in [-0.39, 0.29) is 18.2 Å². The van der Waals surface area contributed by atoms with Crippen molar-refractivity contribution >= 4 is 0 Å². The highest BCUT2D eigenvalue weighted by atomic mass is 19.1. The summed E-state index contributed by atoms with van der Waals surface area (Å²) in [5.74, 6) is 1.46. The van der Waals surface area contributed by atoms with Crippen LogP contribution >= 0.6 is 0 Å². The topological polar surface area (TPSA) is 34.4 Å². The van der Waals surface area contributed by atoms with Crippen LogP contribution in [0.4, 0.5) is 4.39 Å². The molecule has 2 rings (SSSR count). The monoisotopic (exact) mass is 277 g/mol. The summed E-state index contributed by atoms with van der Waals surface area (Å²) in [7, 11) is 0. The molecule has 0 aliphatic rings. The van der Waals surface area contributed by atoms with Crippen LogP contribution in [0.2, 0.25) is 0 Å². The standard InChI is InChI=1S/C16H20FNO2/c1-3-8-18-10-13-5-6-14(20-13)11-19-16-9-12(2)4-7-15(16)17/h4-7,9,18H,3,8,10-11H2,1-2H3. The molecule has 3 nitrogen and oxygen atoms in total. The number of halogens is 1. The van der Waals surface area contributed by atoms with Gasteiger partial charge in [0.15, 0.2) is 11.6 Å². The van der Waals surface area contributed by atoms with E-state index >= 15 is 0 Å². The van der Waals surface area contributed by atoms with Gasteiger partial charge in [0.2, 0.25) is 0 Å². The maximum atomic E-state index is 13.5. The Labute approximate surface area is 118 Å². The lowest BCUT2D eigenvalue weighted by Gasteiger charge is -2.06. The van der Waals surface area contributed by atoms with Crippen molar-refractivity contribution in [1.29, 1.82) is 0 Å². The molecule has 1 N–H and O–H groups in total. The highest BCUT2D eigenvalue weighted by Crippen LogP contribution is 2.20. The maximum absolute atomic E-state index is 13.5. The zero-order valence-electron chi connectivity index (χ0n) is 11.9. The van der Waals surface area contributed by atoms with Gasteiger partial charge in [-0.25, -0.2) is 4.39 Å². The summed E-state index contributed by atoms with van der Waals surface area (Å²) < 4.78 is 24.6. The smallest absolute Gasteiger partial charge is 0.165 e. The van der Waals surface area contributed by atoms with Crippen molar-refractivity contribution in [1.82, 2.24) is 5.32 Å². The van der Waals surface area contributed by atoms with Crippen LogP contribution in [0.5, 0.6) is 5.75 Å². The summed E-state index contributed by atoms with van der Waals surface area (Å²) in [6.45, 7) is 5.91. The fraction of sp³-hybridized carbons (Fsp3) is 0.375. The van der Waals surface area contributed by atoms with Crippen molar-refractivity contribution in [2.45, 2.75) is 33.4 Å². The Morgan fingerprint density at radius 1 is 1.20 bits per heavy atom. The van der Waals surface area contributed by atoms with E-state index in [4.69, 9.17) is 9.15 Å². The maximum Gasteiger partial charge on any atom is 0.165 e. The van der Waals surface area contributed by atoms with E-state index in [9.17, 15) is 4.39 Å². The number of hydrogen-bond donors (Lipinski definition) is 1. The van der Waals surface area contributed by atoms with Crippen molar-refractivity contribution in [2.24, 2.45) is 0 Å². The van der Waals surface area contributed by atoms with Crippen LogP contribution in [-0.4, -0.2) is 6.54 Å². The van der Waals surface area contributed by atoms with Gasteiger partial charge in [-0.1, -0.05) is 13.0 Å². The number of rotatable bonds is 7. The van der Waals surface area contributed by atoms with Gasteiger partial charge in [0, 0.05) is 0 Å². The SMILES string of the molecule is CCCNCc1ccc(COc2cc(C)ccc2F)o1. The molecule has 0 unspecified atom stereocenters. The molecular weight excluding hydrogens is 257 g/mol. The van der Waals surface area contributed by atoms with Crippen LogP contribution < -0.4 is 10.1 Å². The first-order chi connectivity index (χ1) is 9.69. The van der Waals surface area contributed by atoms with Gasteiger partial charge in [0.25, 0.3) is 0 Å². The van der Waals surface area contributed by atoms with Crippen LogP contribution in [0.25, 0.3) is 0 Å². The van der Waals surface area contributed by atoms with E-state index < -0.39 is 0 Å². The highest BCUT2D eigenvalue weighted by Gasteiger charge is 2.06. The second-order valence-corrected chi connectivity index (χ2v) is 4.77. The molecule has 0 radical (unpaired) electrons. The fourth-order valence-electron chi connectivity index (χ4n) is 1.85. The first-order valence-electron chi connectivity index (χ1n) is 6.86. The van der Waals surface area contributed by atoms with E-state index in [2.05, 4.69) is 12.2 Å². The minimum absolute atomic E-state index is 0.230. The molecule has 1 heterocycles. The van der Waals surface area contributed by atoms with Crippen molar-refractivity contribution in [3.63, 3.8) is 0 Å². The average molecular weight is 277 g/mol. The first kappa shape index (κ1) is 14.6. The number of furan rings is 1. The molecule has 0 bridgehead atoms. The highest BCUT2D eigenvalue weighted by molar-refractivity contribution is 5.29. The Kier molecular flexibility index (Phi) is 5.18. The molecule has 0 fully saturated rings. The predicted octanol–water partition coefficient (Wildman–Crippen LogP) is 3.81. The Balaban J connectivity index is 1.89. The number of nitrogens with one attached hydrogen (secondary N) is 1. The molecule has 0 aliphatic heterocycles. The molecule has 0 amide bonds. The summed E-state index contributed by atoms with van der Waals surface area (Å²) >= 11 is 0. The fourth-order valence-corrected chi connectivity index (χ4v) is 1.85. The molecule has 0 saturated carbocycles. The van der Waals surface area contributed by atoms with Gasteiger partial charge in [0.05, 0.1) is 6.54 Å². The van der Waals surface area contributed by atoms with Crippen LogP contribution in [0, 0.1) is 12.7 Å². The molecule has 1 aromatic carbocycles. The third-order valence-electron chi connectivity index (χ3n) is 2.90. The molecule has 0 saturated heterocycles. The van der Waals surface area contributed by atoms with Crippen LogP contribution in [0.15, 0.2) is 34.7 Å². The van der Waals surface area contributed by atoms with Crippen LogP contribution in [0.3, 0.4) is 0 Å². The molecule has 108 valence electrons. The number of benzene rings is 1. The van der Waals surface area contributed by atoms with Crippen molar-refractivity contribution in [2.75, 3.05) is 6.54 Å². The Morgan fingerprint density at radius 2 is 2.00 bits per heavy atom. The van der Waals surface area contributed by atoms with Gasteiger partial charge in [-0.15, -0.1) is 0 Å². The predicted molar refractivity (Wildman–Crippen MR) is 76.2 cm³/mol. The molecule has 0 aliphatic carbocycles. The van der Waals surface area contributed by atoms with E-state index in [1.807, 2.05) is 19.1 Å². The third kappa shape index (κ3) is 4.10. The largest absolute Gasteiger partial charge is 0.483 e. The molecular formula is C16H20FNO2. The second-order valence-electron chi connectivity index (χ2n) is 4.77. The number of ether oxygens (including phenoxy) is 1. The first-order valence-corrected chi connectivity index (χ1v) is 6.86. The van der Waals surface area contributed by atoms with Gasteiger partial charge < -0.3 is 14.5 Å². The summed E-state index contributed by atoms with van der Waals surface area (Å²) in [5, 5.41) is 3.26. The van der Waals surface area contributed by atoms with Gasteiger partial charge in [-0.2, -0.15) is 0 Å². The molecule has 0 spiro atoms.